The maximum Gasteiger partial charge on any atom is 0.226 e. The Kier molecular flexibility index (Phi) is 3.08. The van der Waals surface area contributed by atoms with Gasteiger partial charge in [0.05, 0.1) is 5.69 Å². The number of aryl methyl sites for hydroxylation is 2. The van der Waals surface area contributed by atoms with Crippen molar-refractivity contribution in [2.45, 2.75) is 26.7 Å². The van der Waals surface area contributed by atoms with Crippen molar-refractivity contribution in [2.24, 2.45) is 0 Å². The number of oxazole rings is 1. The van der Waals surface area contributed by atoms with Gasteiger partial charge in [0.1, 0.15) is 5.76 Å². The molecule has 0 N–H and O–H groups in total. The van der Waals surface area contributed by atoms with Gasteiger partial charge in [-0.15, -0.1) is 0 Å². The fourth-order valence-electron chi connectivity index (χ4n) is 2.34. The van der Waals surface area contributed by atoms with Crippen LogP contribution in [-0.4, -0.2) is 4.98 Å². The zero-order valence-electron chi connectivity index (χ0n) is 11.3. The molecule has 19 heavy (non-hydrogen) atoms. The quantitative estimate of drug-likeness (QED) is 0.671. The van der Waals surface area contributed by atoms with Crippen molar-refractivity contribution in [3.05, 3.63) is 53.9 Å². The van der Waals surface area contributed by atoms with Crippen LogP contribution in [0.5, 0.6) is 0 Å². The van der Waals surface area contributed by atoms with E-state index >= 15 is 0 Å². The molecule has 0 bridgehead atoms. The molecule has 0 atom stereocenters. The Balaban J connectivity index is 2.06. The minimum atomic E-state index is 0.728. The van der Waals surface area contributed by atoms with Crippen molar-refractivity contribution >= 4 is 10.8 Å². The van der Waals surface area contributed by atoms with Crippen LogP contribution in [0, 0.1) is 6.92 Å². The predicted octanol–water partition coefficient (Wildman–Crippen LogP) is 4.76. The normalized spacial score (nSPS) is 11.1. The first-order chi connectivity index (χ1) is 9.28. The topological polar surface area (TPSA) is 26.0 Å². The van der Waals surface area contributed by atoms with Crippen molar-refractivity contribution in [1.82, 2.24) is 4.98 Å². The largest absolute Gasteiger partial charge is 0.441 e. The van der Waals surface area contributed by atoms with Gasteiger partial charge < -0.3 is 4.42 Å². The molecule has 2 nitrogen and oxygen atoms in total. The van der Waals surface area contributed by atoms with Gasteiger partial charge in [0.25, 0.3) is 0 Å². The van der Waals surface area contributed by atoms with Crippen molar-refractivity contribution in [3.63, 3.8) is 0 Å². The first kappa shape index (κ1) is 12.0. The maximum absolute atomic E-state index is 5.79. The zero-order valence-corrected chi connectivity index (χ0v) is 11.3. The second kappa shape index (κ2) is 4.88. The zero-order chi connectivity index (χ0) is 13.2. The number of nitrogens with zero attached hydrogens (tertiary/aromatic N) is 1. The molecule has 0 aliphatic carbocycles. The van der Waals surface area contributed by atoms with Gasteiger partial charge in [-0.2, -0.15) is 0 Å². The molecule has 2 heteroatoms. The molecule has 0 unspecified atom stereocenters. The van der Waals surface area contributed by atoms with Crippen LogP contribution in [0.3, 0.4) is 0 Å². The van der Waals surface area contributed by atoms with Gasteiger partial charge in [0.15, 0.2) is 0 Å². The Labute approximate surface area is 113 Å². The van der Waals surface area contributed by atoms with Crippen LogP contribution in [0.25, 0.3) is 22.2 Å². The fraction of sp³-hybridized carbons (Fsp3) is 0.235. The lowest BCUT2D eigenvalue weighted by atomic mass is 10.1. The minimum absolute atomic E-state index is 0.728. The average molecular weight is 251 g/mol. The lowest BCUT2D eigenvalue weighted by Crippen LogP contribution is -1.86. The summed E-state index contributed by atoms with van der Waals surface area (Å²) in [4.78, 5) is 4.61. The predicted molar refractivity (Wildman–Crippen MR) is 78.2 cm³/mol. The van der Waals surface area contributed by atoms with E-state index in [0.29, 0.717) is 0 Å². The van der Waals surface area contributed by atoms with Crippen LogP contribution >= 0.6 is 0 Å². The number of hydrogen-bond acceptors (Lipinski definition) is 2. The summed E-state index contributed by atoms with van der Waals surface area (Å²) in [6.45, 7) is 4.15. The SMILES string of the molecule is CCCc1nc(-c2ccc3ccccc3c2)oc1C. The summed E-state index contributed by atoms with van der Waals surface area (Å²) in [6, 6.07) is 14.7. The number of hydrogen-bond donors (Lipinski definition) is 0. The Morgan fingerprint density at radius 3 is 2.63 bits per heavy atom. The van der Waals surface area contributed by atoms with E-state index in [2.05, 4.69) is 54.4 Å². The Morgan fingerprint density at radius 1 is 1.05 bits per heavy atom. The average Bonchev–Trinajstić information content (AvgIpc) is 2.80. The van der Waals surface area contributed by atoms with Crippen LogP contribution < -0.4 is 0 Å². The summed E-state index contributed by atoms with van der Waals surface area (Å²) in [5.74, 6) is 1.66. The maximum atomic E-state index is 5.79. The second-order valence-electron chi connectivity index (χ2n) is 4.83. The highest BCUT2D eigenvalue weighted by Gasteiger charge is 2.10. The van der Waals surface area contributed by atoms with Crippen molar-refractivity contribution in [3.8, 4) is 11.5 Å². The van der Waals surface area contributed by atoms with E-state index in [1.54, 1.807) is 0 Å². The van der Waals surface area contributed by atoms with Crippen LogP contribution in [0.4, 0.5) is 0 Å². The van der Waals surface area contributed by atoms with Crippen molar-refractivity contribution < 1.29 is 4.42 Å². The van der Waals surface area contributed by atoms with Gasteiger partial charge in [0, 0.05) is 5.56 Å². The molecule has 0 aliphatic heterocycles. The van der Waals surface area contributed by atoms with Gasteiger partial charge in [-0.05, 0) is 36.2 Å². The molecule has 3 aromatic rings. The Morgan fingerprint density at radius 2 is 1.84 bits per heavy atom. The van der Waals surface area contributed by atoms with Gasteiger partial charge >= 0.3 is 0 Å². The molecule has 0 saturated heterocycles. The van der Waals surface area contributed by atoms with E-state index < -0.39 is 0 Å². The smallest absolute Gasteiger partial charge is 0.226 e. The molecule has 96 valence electrons. The summed E-state index contributed by atoms with van der Waals surface area (Å²) >= 11 is 0. The van der Waals surface area contributed by atoms with E-state index in [0.717, 1.165) is 35.7 Å². The monoisotopic (exact) mass is 251 g/mol. The van der Waals surface area contributed by atoms with Crippen molar-refractivity contribution in [1.29, 1.82) is 0 Å². The van der Waals surface area contributed by atoms with E-state index in [9.17, 15) is 0 Å². The van der Waals surface area contributed by atoms with Crippen LogP contribution in [0.1, 0.15) is 24.8 Å². The first-order valence-corrected chi connectivity index (χ1v) is 6.73. The van der Waals surface area contributed by atoms with Gasteiger partial charge in [-0.25, -0.2) is 4.98 Å². The summed E-state index contributed by atoms with van der Waals surface area (Å²) in [5, 5.41) is 2.45. The van der Waals surface area contributed by atoms with Crippen LogP contribution in [-0.2, 0) is 6.42 Å². The summed E-state index contributed by atoms with van der Waals surface area (Å²) in [5.41, 5.74) is 2.12. The minimum Gasteiger partial charge on any atom is -0.441 e. The molecule has 0 aliphatic rings. The summed E-state index contributed by atoms with van der Waals surface area (Å²) in [7, 11) is 0. The first-order valence-electron chi connectivity index (χ1n) is 6.73. The highest BCUT2D eigenvalue weighted by Crippen LogP contribution is 2.26. The highest BCUT2D eigenvalue weighted by atomic mass is 16.4. The number of benzene rings is 2. The molecule has 0 amide bonds. The van der Waals surface area contributed by atoms with E-state index in [1.807, 2.05) is 6.92 Å². The molecular weight excluding hydrogens is 234 g/mol. The second-order valence-corrected chi connectivity index (χ2v) is 4.83. The Hall–Kier alpha value is -2.09. The van der Waals surface area contributed by atoms with Gasteiger partial charge in [-0.1, -0.05) is 43.7 Å². The third kappa shape index (κ3) is 2.26. The molecule has 1 heterocycles. The molecule has 3 rings (SSSR count). The number of aromatic nitrogens is 1. The summed E-state index contributed by atoms with van der Waals surface area (Å²) < 4.78 is 5.79. The molecule has 0 fully saturated rings. The molecule has 2 aromatic carbocycles. The lowest BCUT2D eigenvalue weighted by molar-refractivity contribution is 0.539. The Bertz CT molecular complexity index is 712. The third-order valence-electron chi connectivity index (χ3n) is 3.38. The summed E-state index contributed by atoms with van der Waals surface area (Å²) in [6.07, 6.45) is 2.06. The number of rotatable bonds is 3. The van der Waals surface area contributed by atoms with Gasteiger partial charge in [-0.3, -0.25) is 0 Å². The van der Waals surface area contributed by atoms with E-state index in [-0.39, 0.29) is 0 Å². The van der Waals surface area contributed by atoms with Crippen molar-refractivity contribution in [2.75, 3.05) is 0 Å². The van der Waals surface area contributed by atoms with Crippen LogP contribution in [0.2, 0.25) is 0 Å². The fourth-order valence-corrected chi connectivity index (χ4v) is 2.34. The van der Waals surface area contributed by atoms with E-state index in [1.165, 1.54) is 10.8 Å². The third-order valence-corrected chi connectivity index (χ3v) is 3.38. The highest BCUT2D eigenvalue weighted by molar-refractivity contribution is 5.86. The molecule has 1 aromatic heterocycles. The lowest BCUT2D eigenvalue weighted by Gasteiger charge is -1.99. The molecule has 0 saturated carbocycles. The molecule has 0 radical (unpaired) electrons. The van der Waals surface area contributed by atoms with Gasteiger partial charge in [0.2, 0.25) is 5.89 Å². The molecular formula is C17H17NO. The number of fused-ring (bicyclic) bond motifs is 1. The van der Waals surface area contributed by atoms with Crippen LogP contribution in [0.15, 0.2) is 46.9 Å². The molecule has 0 spiro atoms. The van der Waals surface area contributed by atoms with E-state index in [4.69, 9.17) is 4.42 Å². The standard InChI is InChI=1S/C17H17NO/c1-3-6-16-12(2)19-17(18-16)15-10-9-13-7-4-5-8-14(13)11-15/h4-5,7-11H,3,6H2,1-2H3.